The summed E-state index contributed by atoms with van der Waals surface area (Å²) in [5.41, 5.74) is 1.35. The molecule has 4 nitrogen and oxygen atoms in total. The molecule has 1 aromatic rings. The molecule has 0 spiro atoms. The molecule has 0 amide bonds. The van der Waals surface area contributed by atoms with E-state index < -0.39 is 0 Å². The number of hydrogen-bond donors (Lipinski definition) is 1. The molecule has 2 rings (SSSR count). The molecule has 1 aliphatic heterocycles. The van der Waals surface area contributed by atoms with Gasteiger partial charge in [-0.1, -0.05) is 32.3 Å². The average Bonchev–Trinajstić information content (AvgIpc) is 2.60. The number of unbranched alkanes of at least 4 members (excludes halogenated alkanes) is 2. The highest BCUT2D eigenvalue weighted by Crippen LogP contribution is 2.34. The Balaban J connectivity index is 0.00000288. The van der Waals surface area contributed by atoms with Crippen LogP contribution in [0.2, 0.25) is 0 Å². The highest BCUT2D eigenvalue weighted by Gasteiger charge is 2.22. The van der Waals surface area contributed by atoms with E-state index in [1.165, 1.54) is 31.2 Å². The summed E-state index contributed by atoms with van der Waals surface area (Å²) in [6, 6.07) is 6.93. The third-order valence-corrected chi connectivity index (χ3v) is 4.55. The van der Waals surface area contributed by atoms with Crippen molar-refractivity contribution in [1.82, 2.24) is 10.2 Å². The summed E-state index contributed by atoms with van der Waals surface area (Å²) in [6.07, 6.45) is 5.06. The minimum Gasteiger partial charge on any atom is -0.493 e. The van der Waals surface area contributed by atoms with Crippen LogP contribution in [0.3, 0.4) is 0 Å². The molecule has 0 unspecified atom stereocenters. The highest BCUT2D eigenvalue weighted by molar-refractivity contribution is 5.85. The molecule has 1 aliphatic rings. The number of hydrogen-bond acceptors (Lipinski definition) is 4. The van der Waals surface area contributed by atoms with Crippen LogP contribution in [-0.2, 0) is 0 Å². The SMILES string of the molecule is CCCCC[C@@H](c1ccc(OCC)c(OC)c1)N1CCNCC1.Cl.Cl. The van der Waals surface area contributed by atoms with Gasteiger partial charge < -0.3 is 14.8 Å². The van der Waals surface area contributed by atoms with Gasteiger partial charge in [0.25, 0.3) is 0 Å². The van der Waals surface area contributed by atoms with Gasteiger partial charge in [-0.25, -0.2) is 0 Å². The van der Waals surface area contributed by atoms with E-state index in [2.05, 4.69) is 35.3 Å². The van der Waals surface area contributed by atoms with Crippen molar-refractivity contribution in [3.63, 3.8) is 0 Å². The maximum absolute atomic E-state index is 5.66. The van der Waals surface area contributed by atoms with Crippen LogP contribution in [0.1, 0.15) is 51.1 Å². The van der Waals surface area contributed by atoms with Crippen LogP contribution in [-0.4, -0.2) is 44.8 Å². The molecule has 0 bridgehead atoms. The predicted molar refractivity (Wildman–Crippen MR) is 110 cm³/mol. The third-order valence-electron chi connectivity index (χ3n) is 4.55. The number of ether oxygens (including phenoxy) is 2. The zero-order valence-corrected chi connectivity index (χ0v) is 17.4. The first-order chi connectivity index (χ1) is 11.3. The number of piperazine rings is 1. The van der Waals surface area contributed by atoms with Crippen LogP contribution in [0.25, 0.3) is 0 Å². The zero-order chi connectivity index (χ0) is 16.5. The molecular formula is C19H34Cl2N2O2. The second kappa shape index (κ2) is 13.5. The monoisotopic (exact) mass is 392 g/mol. The summed E-state index contributed by atoms with van der Waals surface area (Å²) in [5.74, 6) is 1.69. The van der Waals surface area contributed by atoms with Crippen LogP contribution < -0.4 is 14.8 Å². The van der Waals surface area contributed by atoms with Crippen molar-refractivity contribution in [1.29, 1.82) is 0 Å². The lowest BCUT2D eigenvalue weighted by molar-refractivity contribution is 0.162. The lowest BCUT2D eigenvalue weighted by Gasteiger charge is -2.35. The Morgan fingerprint density at radius 1 is 1.08 bits per heavy atom. The van der Waals surface area contributed by atoms with E-state index in [4.69, 9.17) is 9.47 Å². The maximum Gasteiger partial charge on any atom is 0.161 e. The maximum atomic E-state index is 5.66. The summed E-state index contributed by atoms with van der Waals surface area (Å²) >= 11 is 0. The predicted octanol–water partition coefficient (Wildman–Crippen LogP) is 4.46. The lowest BCUT2D eigenvalue weighted by atomic mass is 9.97. The molecule has 1 N–H and O–H groups in total. The van der Waals surface area contributed by atoms with Crippen molar-refractivity contribution < 1.29 is 9.47 Å². The van der Waals surface area contributed by atoms with E-state index in [1.807, 2.05) is 6.92 Å². The zero-order valence-electron chi connectivity index (χ0n) is 15.8. The van der Waals surface area contributed by atoms with E-state index in [1.54, 1.807) is 7.11 Å². The average molecular weight is 393 g/mol. The Labute approximate surface area is 165 Å². The van der Waals surface area contributed by atoms with Crippen LogP contribution in [0, 0.1) is 0 Å². The molecule has 1 saturated heterocycles. The smallest absolute Gasteiger partial charge is 0.161 e. The standard InChI is InChI=1S/C19H32N2O2.2ClH/c1-4-6-7-8-17(21-13-11-20-12-14-21)16-9-10-18(23-5-2)19(15-16)22-3;;/h9-10,15,17,20H,4-8,11-14H2,1-3H3;2*1H/t17-;;/m0../s1. The molecule has 0 radical (unpaired) electrons. The van der Waals surface area contributed by atoms with Crippen molar-refractivity contribution in [2.24, 2.45) is 0 Å². The minimum absolute atomic E-state index is 0. The molecule has 25 heavy (non-hydrogen) atoms. The van der Waals surface area contributed by atoms with Crippen LogP contribution in [0.4, 0.5) is 0 Å². The highest BCUT2D eigenvalue weighted by atomic mass is 35.5. The summed E-state index contributed by atoms with van der Waals surface area (Å²) < 4.78 is 11.2. The van der Waals surface area contributed by atoms with Gasteiger partial charge in [-0.15, -0.1) is 24.8 Å². The van der Waals surface area contributed by atoms with E-state index in [0.29, 0.717) is 12.6 Å². The molecular weight excluding hydrogens is 359 g/mol. The molecule has 1 atom stereocenters. The first-order valence-corrected chi connectivity index (χ1v) is 9.05. The van der Waals surface area contributed by atoms with Gasteiger partial charge in [-0.2, -0.15) is 0 Å². The quantitative estimate of drug-likeness (QED) is 0.628. The number of nitrogens with one attached hydrogen (secondary N) is 1. The van der Waals surface area contributed by atoms with Gasteiger partial charge in [0.1, 0.15) is 0 Å². The number of benzene rings is 1. The molecule has 1 heterocycles. The van der Waals surface area contributed by atoms with Gasteiger partial charge in [-0.05, 0) is 31.0 Å². The van der Waals surface area contributed by atoms with E-state index in [0.717, 1.165) is 37.7 Å². The number of rotatable bonds is 9. The summed E-state index contributed by atoms with van der Waals surface area (Å²) in [7, 11) is 1.72. The van der Waals surface area contributed by atoms with Crippen LogP contribution in [0.15, 0.2) is 18.2 Å². The summed E-state index contributed by atoms with van der Waals surface area (Å²) in [4.78, 5) is 2.61. The van der Waals surface area contributed by atoms with Crippen LogP contribution in [0.5, 0.6) is 11.5 Å². The van der Waals surface area contributed by atoms with Gasteiger partial charge in [0.15, 0.2) is 11.5 Å². The fourth-order valence-corrected chi connectivity index (χ4v) is 3.31. The van der Waals surface area contributed by atoms with Crippen molar-refractivity contribution in [3.05, 3.63) is 23.8 Å². The van der Waals surface area contributed by atoms with Crippen molar-refractivity contribution in [3.8, 4) is 11.5 Å². The molecule has 146 valence electrons. The molecule has 6 heteroatoms. The van der Waals surface area contributed by atoms with E-state index >= 15 is 0 Å². The fourth-order valence-electron chi connectivity index (χ4n) is 3.31. The van der Waals surface area contributed by atoms with Crippen molar-refractivity contribution in [2.75, 3.05) is 39.9 Å². The third kappa shape index (κ3) is 7.22. The Morgan fingerprint density at radius 3 is 2.40 bits per heavy atom. The van der Waals surface area contributed by atoms with Crippen molar-refractivity contribution >= 4 is 24.8 Å². The summed E-state index contributed by atoms with van der Waals surface area (Å²) in [5, 5.41) is 3.45. The molecule has 0 aromatic heterocycles. The normalized spacial score (nSPS) is 15.6. The van der Waals surface area contributed by atoms with E-state index in [9.17, 15) is 0 Å². The van der Waals surface area contributed by atoms with Gasteiger partial charge >= 0.3 is 0 Å². The second-order valence-corrected chi connectivity index (χ2v) is 6.14. The Kier molecular flexibility index (Phi) is 13.1. The second-order valence-electron chi connectivity index (χ2n) is 6.14. The molecule has 1 aromatic carbocycles. The molecule has 1 fully saturated rings. The lowest BCUT2D eigenvalue weighted by Crippen LogP contribution is -2.45. The largest absolute Gasteiger partial charge is 0.493 e. The molecule has 0 aliphatic carbocycles. The Morgan fingerprint density at radius 2 is 1.80 bits per heavy atom. The number of methoxy groups -OCH3 is 1. The number of nitrogens with zero attached hydrogens (tertiary/aromatic N) is 1. The van der Waals surface area contributed by atoms with Gasteiger partial charge in [0, 0.05) is 32.2 Å². The van der Waals surface area contributed by atoms with Crippen molar-refractivity contribution in [2.45, 2.75) is 45.6 Å². The Bertz CT molecular complexity index is 469. The number of halogens is 2. The fraction of sp³-hybridized carbons (Fsp3) is 0.684. The topological polar surface area (TPSA) is 33.7 Å². The van der Waals surface area contributed by atoms with Crippen LogP contribution >= 0.6 is 24.8 Å². The van der Waals surface area contributed by atoms with Gasteiger partial charge in [0.2, 0.25) is 0 Å². The Hall–Kier alpha value is -0.680. The molecule has 0 saturated carbocycles. The van der Waals surface area contributed by atoms with E-state index in [-0.39, 0.29) is 24.8 Å². The van der Waals surface area contributed by atoms with Gasteiger partial charge in [-0.3, -0.25) is 4.90 Å². The van der Waals surface area contributed by atoms with Gasteiger partial charge in [0.05, 0.1) is 13.7 Å². The first-order valence-electron chi connectivity index (χ1n) is 9.05. The first kappa shape index (κ1) is 24.3. The summed E-state index contributed by atoms with van der Waals surface area (Å²) in [6.45, 7) is 9.32. The minimum atomic E-state index is 0.